The Kier molecular flexibility index (Phi) is 0.974. The molecule has 0 amide bonds. The summed E-state index contributed by atoms with van der Waals surface area (Å²) < 4.78 is 0. The molecular formula is C7H8N2O. The number of nitrogens with zero attached hydrogens (tertiary/aromatic N) is 1. The first kappa shape index (κ1) is 5.41. The van der Waals surface area contributed by atoms with Crippen LogP contribution in [0.15, 0.2) is 36.1 Å². The van der Waals surface area contributed by atoms with E-state index in [0.29, 0.717) is 0 Å². The van der Waals surface area contributed by atoms with Gasteiger partial charge in [0.2, 0.25) is 5.88 Å². The number of hydrogen-bond donors (Lipinski definition) is 2. The first-order valence-corrected chi connectivity index (χ1v) is 3.17. The van der Waals surface area contributed by atoms with Crippen LogP contribution in [-0.4, -0.2) is 16.6 Å². The van der Waals surface area contributed by atoms with Gasteiger partial charge in [-0.3, -0.25) is 0 Å². The summed E-state index contributed by atoms with van der Waals surface area (Å²) in [5, 5.41) is 11.8. The lowest BCUT2D eigenvalue weighted by Crippen LogP contribution is -2.20. The molecule has 0 aromatic heterocycles. The maximum atomic E-state index is 9.00. The van der Waals surface area contributed by atoms with Crippen LogP contribution in [0.2, 0.25) is 0 Å². The van der Waals surface area contributed by atoms with Crippen molar-refractivity contribution >= 4 is 0 Å². The molecule has 2 aliphatic heterocycles. The Hall–Kier alpha value is -1.38. The van der Waals surface area contributed by atoms with Crippen LogP contribution >= 0.6 is 0 Å². The first-order chi connectivity index (χ1) is 4.86. The molecule has 2 heterocycles. The predicted molar refractivity (Wildman–Crippen MR) is 37.8 cm³/mol. The smallest absolute Gasteiger partial charge is 0.206 e. The molecule has 2 N–H and O–H groups in total. The van der Waals surface area contributed by atoms with E-state index in [9.17, 15) is 0 Å². The van der Waals surface area contributed by atoms with Crippen LogP contribution in [0.4, 0.5) is 0 Å². The number of fused-ring (bicyclic) bond motifs is 1. The lowest BCUT2D eigenvalue weighted by atomic mass is 10.3. The molecule has 0 unspecified atom stereocenters. The lowest BCUT2D eigenvalue weighted by Gasteiger charge is -2.16. The van der Waals surface area contributed by atoms with Gasteiger partial charge < -0.3 is 15.3 Å². The fraction of sp³-hybridized carbons (Fsp3) is 0.143. The van der Waals surface area contributed by atoms with Crippen LogP contribution < -0.4 is 5.32 Å². The van der Waals surface area contributed by atoms with Crippen molar-refractivity contribution in [2.24, 2.45) is 0 Å². The maximum Gasteiger partial charge on any atom is 0.206 e. The molecule has 0 spiro atoms. The topological polar surface area (TPSA) is 35.5 Å². The summed E-state index contributed by atoms with van der Waals surface area (Å²) in [5.74, 6) is 1.16. The van der Waals surface area contributed by atoms with Crippen LogP contribution in [0.25, 0.3) is 0 Å². The number of rotatable bonds is 0. The number of aliphatic hydroxyl groups is 1. The average Bonchev–Trinajstić information content (AvgIpc) is 2.27. The van der Waals surface area contributed by atoms with Crippen molar-refractivity contribution in [3.05, 3.63) is 36.1 Å². The minimum Gasteiger partial charge on any atom is -0.494 e. The Balaban J connectivity index is 2.28. The molecule has 3 heteroatoms. The van der Waals surface area contributed by atoms with Gasteiger partial charge in [0.05, 0.1) is 6.20 Å². The van der Waals surface area contributed by atoms with Crippen LogP contribution in [-0.2, 0) is 0 Å². The van der Waals surface area contributed by atoms with Gasteiger partial charge in [0.25, 0.3) is 0 Å². The summed E-state index contributed by atoms with van der Waals surface area (Å²) in [7, 11) is 0. The molecule has 2 aliphatic rings. The molecule has 2 rings (SSSR count). The molecule has 0 radical (unpaired) electrons. The number of nitrogens with one attached hydrogen (secondary N) is 1. The summed E-state index contributed by atoms with van der Waals surface area (Å²) in [6, 6.07) is 0. The maximum absolute atomic E-state index is 9.00. The van der Waals surface area contributed by atoms with E-state index in [1.807, 2.05) is 23.1 Å². The van der Waals surface area contributed by atoms with Crippen molar-refractivity contribution in [2.75, 3.05) is 6.54 Å². The average molecular weight is 136 g/mol. The van der Waals surface area contributed by atoms with E-state index in [2.05, 4.69) is 5.32 Å². The van der Waals surface area contributed by atoms with Crippen molar-refractivity contribution in [1.82, 2.24) is 10.2 Å². The summed E-state index contributed by atoms with van der Waals surface area (Å²) in [6.07, 6.45) is 7.59. The molecule has 0 aromatic rings. The van der Waals surface area contributed by atoms with Crippen LogP contribution in [0.5, 0.6) is 0 Å². The molecule has 3 nitrogen and oxygen atoms in total. The van der Waals surface area contributed by atoms with Gasteiger partial charge in [-0.05, 0) is 6.08 Å². The Bertz CT molecular complexity index is 240. The third-order valence-corrected chi connectivity index (χ3v) is 1.54. The van der Waals surface area contributed by atoms with E-state index in [4.69, 9.17) is 5.11 Å². The summed E-state index contributed by atoms with van der Waals surface area (Å²) in [6.45, 7) is 0.836. The number of aliphatic hydroxyl groups excluding tert-OH is 1. The van der Waals surface area contributed by atoms with E-state index in [0.717, 1.165) is 12.4 Å². The third-order valence-electron chi connectivity index (χ3n) is 1.54. The van der Waals surface area contributed by atoms with Gasteiger partial charge in [-0.2, -0.15) is 0 Å². The summed E-state index contributed by atoms with van der Waals surface area (Å²) in [5.41, 5.74) is 0. The highest BCUT2D eigenvalue weighted by Crippen LogP contribution is 2.14. The van der Waals surface area contributed by atoms with E-state index in [-0.39, 0.29) is 5.88 Å². The Morgan fingerprint density at radius 3 is 3.30 bits per heavy atom. The molecule has 0 fully saturated rings. The number of allylic oxidation sites excluding steroid dienone is 2. The zero-order chi connectivity index (χ0) is 6.97. The second-order valence-electron chi connectivity index (χ2n) is 2.27. The van der Waals surface area contributed by atoms with Gasteiger partial charge in [0, 0.05) is 6.54 Å². The Morgan fingerprint density at radius 2 is 2.50 bits per heavy atom. The molecule has 0 aromatic carbocycles. The van der Waals surface area contributed by atoms with Gasteiger partial charge in [0.1, 0.15) is 5.82 Å². The van der Waals surface area contributed by atoms with E-state index in [1.165, 1.54) is 0 Å². The third kappa shape index (κ3) is 0.673. The standard InChI is InChI=1S/C7H8N2O/c10-7-5-9-4-2-1-3-6(9)8-7/h1-3,5,8,10H,4H2. The Labute approximate surface area is 59.0 Å². The van der Waals surface area contributed by atoms with Gasteiger partial charge in [0.15, 0.2) is 0 Å². The Morgan fingerprint density at radius 1 is 1.60 bits per heavy atom. The highest BCUT2D eigenvalue weighted by Gasteiger charge is 2.15. The highest BCUT2D eigenvalue weighted by molar-refractivity contribution is 5.25. The molecule has 0 saturated carbocycles. The fourth-order valence-corrected chi connectivity index (χ4v) is 1.07. The van der Waals surface area contributed by atoms with Crippen molar-refractivity contribution in [3.63, 3.8) is 0 Å². The van der Waals surface area contributed by atoms with Crippen molar-refractivity contribution < 1.29 is 5.11 Å². The SMILES string of the molecule is OC1=CN2CC=CC=C2N1. The van der Waals surface area contributed by atoms with E-state index in [1.54, 1.807) is 6.20 Å². The van der Waals surface area contributed by atoms with Gasteiger partial charge in [-0.25, -0.2) is 0 Å². The van der Waals surface area contributed by atoms with Crippen LogP contribution in [0.1, 0.15) is 0 Å². The predicted octanol–water partition coefficient (Wildman–Crippen LogP) is 0.660. The molecule has 0 aliphatic carbocycles. The zero-order valence-electron chi connectivity index (χ0n) is 5.41. The van der Waals surface area contributed by atoms with Crippen molar-refractivity contribution in [1.29, 1.82) is 0 Å². The molecule has 0 bridgehead atoms. The van der Waals surface area contributed by atoms with Crippen LogP contribution in [0, 0.1) is 0 Å². The quantitative estimate of drug-likeness (QED) is 0.513. The largest absolute Gasteiger partial charge is 0.494 e. The second kappa shape index (κ2) is 1.80. The van der Waals surface area contributed by atoms with Crippen LogP contribution in [0.3, 0.4) is 0 Å². The second-order valence-corrected chi connectivity index (χ2v) is 2.27. The van der Waals surface area contributed by atoms with Crippen molar-refractivity contribution in [3.8, 4) is 0 Å². The van der Waals surface area contributed by atoms with Gasteiger partial charge in [-0.15, -0.1) is 0 Å². The number of hydrogen-bond acceptors (Lipinski definition) is 3. The molecule has 52 valence electrons. The minimum absolute atomic E-state index is 0.218. The normalized spacial score (nSPS) is 21.4. The summed E-state index contributed by atoms with van der Waals surface area (Å²) in [4.78, 5) is 1.94. The lowest BCUT2D eigenvalue weighted by molar-refractivity contribution is 0.385. The molecule has 10 heavy (non-hydrogen) atoms. The zero-order valence-corrected chi connectivity index (χ0v) is 5.41. The van der Waals surface area contributed by atoms with Gasteiger partial charge >= 0.3 is 0 Å². The van der Waals surface area contributed by atoms with Crippen molar-refractivity contribution in [2.45, 2.75) is 0 Å². The monoisotopic (exact) mass is 136 g/mol. The molecule has 0 atom stereocenters. The fourth-order valence-electron chi connectivity index (χ4n) is 1.07. The van der Waals surface area contributed by atoms with E-state index >= 15 is 0 Å². The highest BCUT2D eigenvalue weighted by atomic mass is 16.3. The van der Waals surface area contributed by atoms with E-state index < -0.39 is 0 Å². The first-order valence-electron chi connectivity index (χ1n) is 3.17. The summed E-state index contributed by atoms with van der Waals surface area (Å²) >= 11 is 0. The van der Waals surface area contributed by atoms with Gasteiger partial charge in [-0.1, -0.05) is 12.2 Å². The molecule has 0 saturated heterocycles. The minimum atomic E-state index is 0.218. The molecular weight excluding hydrogens is 128 g/mol.